The van der Waals surface area contributed by atoms with Gasteiger partial charge in [-0.05, 0) is 25.8 Å². The molecule has 1 atom stereocenters. The minimum absolute atomic E-state index is 0.260. The Morgan fingerprint density at radius 3 is 2.16 bits per heavy atom. The second kappa shape index (κ2) is 6.51. The van der Waals surface area contributed by atoms with Crippen molar-refractivity contribution >= 4 is 17.7 Å². The van der Waals surface area contributed by atoms with Crippen molar-refractivity contribution in [2.45, 2.75) is 38.1 Å². The van der Waals surface area contributed by atoms with Crippen LogP contribution < -0.4 is 16.8 Å². The van der Waals surface area contributed by atoms with Gasteiger partial charge in [0.15, 0.2) is 0 Å². The summed E-state index contributed by atoms with van der Waals surface area (Å²) in [5.41, 5.74) is 9.55. The second-order valence-electron chi connectivity index (χ2n) is 4.96. The van der Waals surface area contributed by atoms with Crippen molar-refractivity contribution < 1.29 is 14.4 Å². The summed E-state index contributed by atoms with van der Waals surface area (Å²) in [5, 5.41) is 3.20. The smallest absolute Gasteiger partial charge is 0.243 e. The fraction of sp³-hybridized carbons (Fsp3) is 0.750. The minimum atomic E-state index is -0.681. The zero-order valence-electron chi connectivity index (χ0n) is 11.3. The number of primary amides is 2. The van der Waals surface area contributed by atoms with Crippen LogP contribution >= 0.6 is 0 Å². The summed E-state index contributed by atoms with van der Waals surface area (Å²) >= 11 is 0. The van der Waals surface area contributed by atoms with Gasteiger partial charge in [0.1, 0.15) is 0 Å². The van der Waals surface area contributed by atoms with E-state index in [0.29, 0.717) is 12.8 Å². The number of nitrogens with two attached hydrogens (primary N) is 2. The average Bonchev–Trinajstić information content (AvgIpc) is 2.76. The maximum atomic E-state index is 12.6. The van der Waals surface area contributed by atoms with E-state index < -0.39 is 17.4 Å². The molecule has 1 unspecified atom stereocenters. The molecule has 7 nitrogen and oxygen atoms in total. The third-order valence-corrected chi connectivity index (χ3v) is 3.31. The molecule has 0 aromatic heterocycles. The van der Waals surface area contributed by atoms with Crippen molar-refractivity contribution in [2.24, 2.45) is 11.5 Å². The van der Waals surface area contributed by atoms with Crippen LogP contribution in [0.3, 0.4) is 0 Å². The fourth-order valence-electron chi connectivity index (χ4n) is 2.61. The normalized spacial score (nSPS) is 22.2. The van der Waals surface area contributed by atoms with E-state index in [9.17, 15) is 14.4 Å². The molecule has 0 aromatic carbocycles. The summed E-state index contributed by atoms with van der Waals surface area (Å²) in [6.07, 6.45) is 3.10. The maximum Gasteiger partial charge on any atom is 0.243 e. The molecule has 7 heteroatoms. The van der Waals surface area contributed by atoms with Crippen LogP contribution in [0.1, 0.15) is 32.6 Å². The molecule has 0 radical (unpaired) electrons. The first kappa shape index (κ1) is 15.4. The first-order chi connectivity index (χ1) is 8.91. The van der Waals surface area contributed by atoms with Crippen LogP contribution in [0.4, 0.5) is 0 Å². The minimum Gasteiger partial charge on any atom is -0.368 e. The maximum absolute atomic E-state index is 12.6. The van der Waals surface area contributed by atoms with Crippen LogP contribution in [0.25, 0.3) is 0 Å². The Labute approximate surface area is 112 Å². The number of nitrogens with zero attached hydrogens (tertiary/aromatic N) is 1. The van der Waals surface area contributed by atoms with Crippen molar-refractivity contribution in [1.82, 2.24) is 10.2 Å². The van der Waals surface area contributed by atoms with E-state index in [1.807, 2.05) is 6.92 Å². The zero-order chi connectivity index (χ0) is 14.5. The lowest BCUT2D eigenvalue weighted by Gasteiger charge is -2.33. The Morgan fingerprint density at radius 1 is 1.21 bits per heavy atom. The molecule has 1 fully saturated rings. The van der Waals surface area contributed by atoms with Crippen LogP contribution in [0.2, 0.25) is 0 Å². The van der Waals surface area contributed by atoms with Crippen LogP contribution in [0, 0.1) is 0 Å². The average molecular weight is 270 g/mol. The van der Waals surface area contributed by atoms with Crippen molar-refractivity contribution in [1.29, 1.82) is 0 Å². The van der Waals surface area contributed by atoms with Gasteiger partial charge in [-0.2, -0.15) is 0 Å². The fourth-order valence-corrected chi connectivity index (χ4v) is 2.61. The molecular weight excluding hydrogens is 248 g/mol. The number of carbonyl (C=O) groups excluding carboxylic acids is 3. The Kier molecular flexibility index (Phi) is 5.29. The van der Waals surface area contributed by atoms with Gasteiger partial charge in [-0.3, -0.25) is 14.4 Å². The molecule has 5 N–H and O–H groups in total. The van der Waals surface area contributed by atoms with E-state index in [-0.39, 0.29) is 19.0 Å². The molecule has 1 aliphatic rings. The highest BCUT2D eigenvalue weighted by molar-refractivity contribution is 5.93. The Balaban J connectivity index is 2.88. The van der Waals surface area contributed by atoms with Gasteiger partial charge in [0, 0.05) is 0 Å². The summed E-state index contributed by atoms with van der Waals surface area (Å²) in [6, 6.07) is 0. The third-order valence-electron chi connectivity index (χ3n) is 3.31. The van der Waals surface area contributed by atoms with E-state index in [1.54, 1.807) is 0 Å². The molecule has 1 saturated heterocycles. The Hall–Kier alpha value is -1.63. The first-order valence-electron chi connectivity index (χ1n) is 6.52. The molecular formula is C12H22N4O3. The lowest BCUT2D eigenvalue weighted by Crippen LogP contribution is -2.57. The number of nitrogens with one attached hydrogen (secondary N) is 1. The summed E-state index contributed by atoms with van der Waals surface area (Å²) in [6.45, 7) is 2.18. The van der Waals surface area contributed by atoms with Gasteiger partial charge in [-0.15, -0.1) is 0 Å². The SMILES string of the molecule is CCCC1(C(=O)N(CC(N)=O)CC(N)=O)CCCN1. The van der Waals surface area contributed by atoms with Crippen LogP contribution in [0.5, 0.6) is 0 Å². The molecule has 3 amide bonds. The van der Waals surface area contributed by atoms with Crippen LogP contribution in [-0.4, -0.2) is 47.8 Å². The van der Waals surface area contributed by atoms with Crippen LogP contribution in [0.15, 0.2) is 0 Å². The number of amides is 3. The van der Waals surface area contributed by atoms with Crippen molar-refractivity contribution in [3.05, 3.63) is 0 Å². The van der Waals surface area contributed by atoms with E-state index in [2.05, 4.69) is 5.32 Å². The lowest BCUT2D eigenvalue weighted by atomic mass is 9.90. The summed E-state index contributed by atoms with van der Waals surface area (Å²) in [4.78, 5) is 35.8. The van der Waals surface area contributed by atoms with Gasteiger partial charge in [0.05, 0.1) is 18.6 Å². The molecule has 1 rings (SSSR count). The number of carbonyl (C=O) groups is 3. The first-order valence-corrected chi connectivity index (χ1v) is 6.52. The highest BCUT2D eigenvalue weighted by Gasteiger charge is 2.42. The monoisotopic (exact) mass is 270 g/mol. The van der Waals surface area contributed by atoms with Crippen molar-refractivity contribution in [2.75, 3.05) is 19.6 Å². The summed E-state index contributed by atoms with van der Waals surface area (Å²) < 4.78 is 0. The molecule has 0 spiro atoms. The van der Waals surface area contributed by atoms with E-state index >= 15 is 0 Å². The molecule has 0 bridgehead atoms. The van der Waals surface area contributed by atoms with E-state index in [1.165, 1.54) is 0 Å². The molecule has 1 aliphatic heterocycles. The van der Waals surface area contributed by atoms with Crippen molar-refractivity contribution in [3.8, 4) is 0 Å². The van der Waals surface area contributed by atoms with Gasteiger partial charge >= 0.3 is 0 Å². The van der Waals surface area contributed by atoms with Gasteiger partial charge in [0.25, 0.3) is 0 Å². The lowest BCUT2D eigenvalue weighted by molar-refractivity contribution is -0.143. The quantitative estimate of drug-likeness (QED) is 0.533. The molecule has 0 aromatic rings. The van der Waals surface area contributed by atoms with Crippen LogP contribution in [-0.2, 0) is 14.4 Å². The largest absolute Gasteiger partial charge is 0.368 e. The summed E-state index contributed by atoms with van der Waals surface area (Å²) in [5.74, 6) is -1.57. The number of hydrogen-bond acceptors (Lipinski definition) is 4. The van der Waals surface area contributed by atoms with Gasteiger partial charge in [0.2, 0.25) is 17.7 Å². The molecule has 108 valence electrons. The van der Waals surface area contributed by atoms with Gasteiger partial charge in [-0.1, -0.05) is 13.3 Å². The molecule has 19 heavy (non-hydrogen) atoms. The van der Waals surface area contributed by atoms with Gasteiger partial charge in [-0.25, -0.2) is 0 Å². The predicted molar refractivity (Wildman–Crippen MR) is 69.8 cm³/mol. The standard InChI is InChI=1S/C12H22N4O3/c1-2-4-12(5-3-6-15-12)11(19)16(7-9(13)17)8-10(14)18/h15H,2-8H2,1H3,(H2,13,17)(H2,14,18). The molecule has 1 heterocycles. The molecule has 0 saturated carbocycles. The van der Waals surface area contributed by atoms with Gasteiger partial charge < -0.3 is 21.7 Å². The number of hydrogen-bond donors (Lipinski definition) is 3. The van der Waals surface area contributed by atoms with E-state index in [0.717, 1.165) is 24.3 Å². The Bertz CT molecular complexity index is 348. The highest BCUT2D eigenvalue weighted by atomic mass is 16.2. The second-order valence-corrected chi connectivity index (χ2v) is 4.96. The third kappa shape index (κ3) is 3.92. The zero-order valence-corrected chi connectivity index (χ0v) is 11.3. The summed E-state index contributed by atoms with van der Waals surface area (Å²) in [7, 11) is 0. The predicted octanol–water partition coefficient (Wildman–Crippen LogP) is -1.29. The Morgan fingerprint density at radius 2 is 1.79 bits per heavy atom. The number of rotatable bonds is 7. The molecule has 0 aliphatic carbocycles. The highest BCUT2D eigenvalue weighted by Crippen LogP contribution is 2.27. The van der Waals surface area contributed by atoms with E-state index in [4.69, 9.17) is 11.5 Å². The van der Waals surface area contributed by atoms with Crippen molar-refractivity contribution in [3.63, 3.8) is 0 Å². The topological polar surface area (TPSA) is 119 Å².